The van der Waals surface area contributed by atoms with Gasteiger partial charge in [0.25, 0.3) is 0 Å². The standard InChI is InChI=1S/C27H27BrO8/c1-2-32-25(30)27(31)23-21(29)14-26(34-11-6-12-35-26)15-22(23)36-24(27)19-10-9-18(13-20(19)28)33-16-17-7-4-3-5-8-17/h3-5,7-10,13,24,31H,2,6,11-12,14-16H2,1H3/t24-,27+/m0/s1. The van der Waals surface area contributed by atoms with Crippen LogP contribution in [0.4, 0.5) is 0 Å². The molecule has 0 amide bonds. The highest BCUT2D eigenvalue weighted by molar-refractivity contribution is 9.10. The summed E-state index contributed by atoms with van der Waals surface area (Å²) in [6.07, 6.45) is -0.482. The lowest BCUT2D eigenvalue weighted by atomic mass is 9.78. The number of ketones is 1. The molecule has 1 aliphatic carbocycles. The third-order valence-corrected chi connectivity index (χ3v) is 7.23. The molecule has 0 bridgehead atoms. The van der Waals surface area contributed by atoms with Crippen LogP contribution in [-0.4, -0.2) is 48.1 Å². The smallest absolute Gasteiger partial charge is 0.347 e. The first-order chi connectivity index (χ1) is 17.4. The molecule has 2 aliphatic heterocycles. The molecule has 1 fully saturated rings. The van der Waals surface area contributed by atoms with E-state index in [0.29, 0.717) is 35.6 Å². The van der Waals surface area contributed by atoms with Crippen molar-refractivity contribution < 1.29 is 38.4 Å². The van der Waals surface area contributed by atoms with Gasteiger partial charge in [0.2, 0.25) is 5.60 Å². The molecule has 0 unspecified atom stereocenters. The maximum Gasteiger partial charge on any atom is 0.347 e. The van der Waals surface area contributed by atoms with Crippen LogP contribution in [0.25, 0.3) is 0 Å². The summed E-state index contributed by atoms with van der Waals surface area (Å²) in [5.74, 6) is -1.78. The minimum Gasteiger partial charge on any atom is -0.489 e. The van der Waals surface area contributed by atoms with Gasteiger partial charge in [0.05, 0.1) is 38.2 Å². The molecule has 8 nitrogen and oxygen atoms in total. The number of ether oxygens (including phenoxy) is 5. The highest BCUT2D eigenvalue weighted by Gasteiger charge is 2.63. The Hall–Kier alpha value is -2.72. The molecule has 190 valence electrons. The van der Waals surface area contributed by atoms with Gasteiger partial charge in [-0.3, -0.25) is 4.79 Å². The molecule has 2 atom stereocenters. The lowest BCUT2D eigenvalue weighted by Crippen LogP contribution is -2.51. The molecular weight excluding hydrogens is 532 g/mol. The van der Waals surface area contributed by atoms with Gasteiger partial charge in [0.15, 0.2) is 17.7 Å². The summed E-state index contributed by atoms with van der Waals surface area (Å²) >= 11 is 3.53. The molecular formula is C27H27BrO8. The van der Waals surface area contributed by atoms with Crippen molar-refractivity contribution in [1.82, 2.24) is 0 Å². The summed E-state index contributed by atoms with van der Waals surface area (Å²) in [7, 11) is 0. The van der Waals surface area contributed by atoms with E-state index >= 15 is 0 Å². The van der Waals surface area contributed by atoms with Crippen LogP contribution in [0, 0.1) is 0 Å². The average molecular weight is 559 g/mol. The van der Waals surface area contributed by atoms with E-state index in [1.54, 1.807) is 25.1 Å². The zero-order chi connectivity index (χ0) is 25.3. The van der Waals surface area contributed by atoms with Crippen molar-refractivity contribution in [2.75, 3.05) is 19.8 Å². The summed E-state index contributed by atoms with van der Waals surface area (Å²) in [6, 6.07) is 14.9. The number of halogens is 1. The maximum atomic E-state index is 13.3. The highest BCUT2D eigenvalue weighted by Crippen LogP contribution is 2.53. The van der Waals surface area contributed by atoms with Crippen molar-refractivity contribution >= 4 is 27.7 Å². The van der Waals surface area contributed by atoms with Crippen molar-refractivity contribution in [3.63, 3.8) is 0 Å². The Kier molecular flexibility index (Phi) is 6.91. The number of hydrogen-bond donors (Lipinski definition) is 1. The van der Waals surface area contributed by atoms with Crippen LogP contribution in [-0.2, 0) is 35.1 Å². The summed E-state index contributed by atoms with van der Waals surface area (Å²) in [6.45, 7) is 2.96. The number of esters is 1. The van der Waals surface area contributed by atoms with Crippen LogP contribution < -0.4 is 4.74 Å². The van der Waals surface area contributed by atoms with Gasteiger partial charge < -0.3 is 28.8 Å². The number of carbonyl (C=O) groups excluding carboxylic acids is 2. The molecule has 1 saturated heterocycles. The zero-order valence-electron chi connectivity index (χ0n) is 19.8. The van der Waals surface area contributed by atoms with Crippen LogP contribution in [0.3, 0.4) is 0 Å². The fraction of sp³-hybridized carbons (Fsp3) is 0.407. The Labute approximate surface area is 217 Å². The van der Waals surface area contributed by atoms with E-state index in [9.17, 15) is 14.7 Å². The van der Waals surface area contributed by atoms with Crippen LogP contribution in [0.5, 0.6) is 5.75 Å². The molecule has 0 saturated carbocycles. The van der Waals surface area contributed by atoms with E-state index in [1.165, 1.54) is 0 Å². The van der Waals surface area contributed by atoms with Gasteiger partial charge >= 0.3 is 5.97 Å². The fourth-order valence-corrected chi connectivity index (χ4v) is 5.45. The molecule has 36 heavy (non-hydrogen) atoms. The van der Waals surface area contributed by atoms with Gasteiger partial charge in [-0.05, 0) is 31.0 Å². The maximum absolute atomic E-state index is 13.3. The Balaban J connectivity index is 1.45. The third kappa shape index (κ3) is 4.45. The van der Waals surface area contributed by atoms with E-state index in [1.807, 2.05) is 30.3 Å². The van der Waals surface area contributed by atoms with E-state index in [0.717, 1.165) is 12.0 Å². The molecule has 2 aromatic carbocycles. The lowest BCUT2D eigenvalue weighted by molar-refractivity contribution is -0.270. The number of carbonyl (C=O) groups is 2. The summed E-state index contributed by atoms with van der Waals surface area (Å²) < 4.78 is 29.5. The predicted molar refractivity (Wildman–Crippen MR) is 131 cm³/mol. The second kappa shape index (κ2) is 9.97. The second-order valence-electron chi connectivity index (χ2n) is 8.98. The topological polar surface area (TPSA) is 101 Å². The van der Waals surface area contributed by atoms with Crippen LogP contribution in [0.15, 0.2) is 64.3 Å². The first-order valence-electron chi connectivity index (χ1n) is 11.9. The molecule has 0 aromatic heterocycles. The zero-order valence-corrected chi connectivity index (χ0v) is 21.4. The molecule has 2 heterocycles. The van der Waals surface area contributed by atoms with E-state index in [2.05, 4.69) is 15.9 Å². The van der Waals surface area contributed by atoms with Crippen molar-refractivity contribution in [3.05, 3.63) is 75.5 Å². The van der Waals surface area contributed by atoms with E-state index in [-0.39, 0.29) is 30.8 Å². The first-order valence-corrected chi connectivity index (χ1v) is 12.7. The van der Waals surface area contributed by atoms with Gasteiger partial charge in [0.1, 0.15) is 18.1 Å². The minimum absolute atomic E-state index is 0.0360. The van der Waals surface area contributed by atoms with Crippen molar-refractivity contribution in [3.8, 4) is 5.75 Å². The largest absolute Gasteiger partial charge is 0.489 e. The summed E-state index contributed by atoms with van der Waals surface area (Å²) in [5, 5.41) is 11.8. The average Bonchev–Trinajstić information content (AvgIpc) is 3.17. The molecule has 1 N–H and O–H groups in total. The van der Waals surface area contributed by atoms with Gasteiger partial charge in [-0.1, -0.05) is 52.3 Å². The molecule has 1 spiro atoms. The number of hydrogen-bond acceptors (Lipinski definition) is 8. The number of benzene rings is 2. The quantitative estimate of drug-likeness (QED) is 0.528. The molecule has 3 aliphatic rings. The number of rotatable bonds is 6. The van der Waals surface area contributed by atoms with Gasteiger partial charge in [0, 0.05) is 10.0 Å². The minimum atomic E-state index is -2.31. The summed E-state index contributed by atoms with van der Waals surface area (Å²) in [4.78, 5) is 26.4. The molecule has 9 heteroatoms. The first kappa shape index (κ1) is 25.0. The monoisotopic (exact) mass is 558 g/mol. The third-order valence-electron chi connectivity index (χ3n) is 6.55. The lowest BCUT2D eigenvalue weighted by Gasteiger charge is -2.39. The van der Waals surface area contributed by atoms with Crippen LogP contribution >= 0.6 is 15.9 Å². The molecule has 5 rings (SSSR count). The van der Waals surface area contributed by atoms with Crippen LogP contribution in [0.2, 0.25) is 0 Å². The van der Waals surface area contributed by atoms with Crippen LogP contribution in [0.1, 0.15) is 43.4 Å². The highest BCUT2D eigenvalue weighted by atomic mass is 79.9. The number of aliphatic hydroxyl groups is 1. The normalized spacial score (nSPS) is 24.9. The fourth-order valence-electron chi connectivity index (χ4n) is 4.88. The Bertz CT molecular complexity index is 1190. The van der Waals surface area contributed by atoms with Gasteiger partial charge in [-0.15, -0.1) is 0 Å². The predicted octanol–water partition coefficient (Wildman–Crippen LogP) is 4.14. The SMILES string of the molecule is CCOC(=O)[C@@]1(O)C2=C(CC3(CC2=O)OCCCO3)O[C@H]1c1ccc(OCc2ccccc2)cc1Br. The summed E-state index contributed by atoms with van der Waals surface area (Å²) in [5.41, 5.74) is -0.914. The molecule has 0 radical (unpaired) electrons. The Morgan fingerprint density at radius 3 is 2.58 bits per heavy atom. The second-order valence-corrected chi connectivity index (χ2v) is 9.83. The van der Waals surface area contributed by atoms with E-state index in [4.69, 9.17) is 23.7 Å². The van der Waals surface area contributed by atoms with Crippen molar-refractivity contribution in [2.24, 2.45) is 0 Å². The van der Waals surface area contributed by atoms with E-state index < -0.39 is 29.2 Å². The van der Waals surface area contributed by atoms with Gasteiger partial charge in [-0.2, -0.15) is 0 Å². The Morgan fingerprint density at radius 1 is 1.14 bits per heavy atom. The van der Waals surface area contributed by atoms with Crippen molar-refractivity contribution in [1.29, 1.82) is 0 Å². The Morgan fingerprint density at radius 2 is 1.89 bits per heavy atom. The van der Waals surface area contributed by atoms with Crippen molar-refractivity contribution in [2.45, 2.75) is 50.3 Å². The molecule has 2 aromatic rings. The number of Topliss-reactive ketones (excluding diaryl/α,β-unsaturated/α-hetero) is 1. The van der Waals surface area contributed by atoms with Gasteiger partial charge in [-0.25, -0.2) is 4.79 Å².